The maximum Gasteiger partial charge on any atom is 0.244 e. The van der Waals surface area contributed by atoms with Gasteiger partial charge in [-0.05, 0) is 37.6 Å². The Labute approximate surface area is 140 Å². The standard InChI is InChI=1S/C17H20ClN3O2/c1-12-5-4-6-14(11-12)23-10-9-19-16(22)8-7-15-13(2)20-21(3)17(15)18/h4-8,11H,9-10H2,1-3H3,(H,19,22)/b8-7+. The zero-order chi connectivity index (χ0) is 16.8. The zero-order valence-corrected chi connectivity index (χ0v) is 14.2. The monoisotopic (exact) mass is 333 g/mol. The molecule has 0 aliphatic heterocycles. The lowest BCUT2D eigenvalue weighted by molar-refractivity contribution is -0.116. The minimum atomic E-state index is -0.197. The molecular formula is C17H20ClN3O2. The zero-order valence-electron chi connectivity index (χ0n) is 13.5. The summed E-state index contributed by atoms with van der Waals surface area (Å²) >= 11 is 6.10. The third-order valence-electron chi connectivity index (χ3n) is 3.26. The van der Waals surface area contributed by atoms with E-state index in [9.17, 15) is 4.79 Å². The van der Waals surface area contributed by atoms with Crippen LogP contribution in [0.4, 0.5) is 0 Å². The highest BCUT2D eigenvalue weighted by Gasteiger charge is 2.08. The highest BCUT2D eigenvalue weighted by molar-refractivity contribution is 6.31. The van der Waals surface area contributed by atoms with Crippen LogP contribution in [0.15, 0.2) is 30.3 Å². The van der Waals surface area contributed by atoms with E-state index in [1.807, 2.05) is 38.1 Å². The average Bonchev–Trinajstić information content (AvgIpc) is 2.75. The molecule has 2 rings (SSSR count). The fraction of sp³-hybridized carbons (Fsp3) is 0.294. The number of benzene rings is 1. The SMILES string of the molecule is Cc1cccc(OCCNC(=O)/C=C/c2c(C)nn(C)c2Cl)c1. The van der Waals surface area contributed by atoms with Crippen molar-refractivity contribution in [1.29, 1.82) is 0 Å². The summed E-state index contributed by atoms with van der Waals surface area (Å²) in [5.41, 5.74) is 2.67. The van der Waals surface area contributed by atoms with Gasteiger partial charge in [0.15, 0.2) is 0 Å². The lowest BCUT2D eigenvalue weighted by Crippen LogP contribution is -2.26. The van der Waals surface area contributed by atoms with Crippen LogP contribution >= 0.6 is 11.6 Å². The Hall–Kier alpha value is -2.27. The summed E-state index contributed by atoms with van der Waals surface area (Å²) in [6, 6.07) is 7.79. The Morgan fingerprint density at radius 2 is 2.22 bits per heavy atom. The van der Waals surface area contributed by atoms with Gasteiger partial charge in [-0.3, -0.25) is 9.48 Å². The minimum Gasteiger partial charge on any atom is -0.492 e. The Balaban J connectivity index is 1.78. The summed E-state index contributed by atoms with van der Waals surface area (Å²) in [5.74, 6) is 0.602. The Morgan fingerprint density at radius 3 is 2.87 bits per heavy atom. The van der Waals surface area contributed by atoms with Gasteiger partial charge in [0.1, 0.15) is 17.5 Å². The molecule has 1 N–H and O–H groups in total. The molecule has 0 atom stereocenters. The first-order chi connectivity index (χ1) is 11.0. The van der Waals surface area contributed by atoms with Crippen molar-refractivity contribution >= 4 is 23.6 Å². The van der Waals surface area contributed by atoms with E-state index in [2.05, 4.69) is 10.4 Å². The molecule has 0 aliphatic carbocycles. The third kappa shape index (κ3) is 4.86. The molecule has 1 aromatic carbocycles. The average molecular weight is 334 g/mol. The van der Waals surface area contributed by atoms with Crippen molar-refractivity contribution in [2.45, 2.75) is 13.8 Å². The molecular weight excluding hydrogens is 314 g/mol. The number of nitrogens with one attached hydrogen (secondary N) is 1. The lowest BCUT2D eigenvalue weighted by Gasteiger charge is -2.07. The number of ether oxygens (including phenoxy) is 1. The molecule has 0 saturated carbocycles. The first kappa shape index (κ1) is 17.1. The van der Waals surface area contributed by atoms with Gasteiger partial charge < -0.3 is 10.1 Å². The first-order valence-corrected chi connectivity index (χ1v) is 7.69. The van der Waals surface area contributed by atoms with Crippen LogP contribution in [0.5, 0.6) is 5.75 Å². The number of hydrogen-bond acceptors (Lipinski definition) is 3. The summed E-state index contributed by atoms with van der Waals surface area (Å²) in [6.45, 7) is 4.69. The van der Waals surface area contributed by atoms with Crippen LogP contribution in [0.25, 0.3) is 6.08 Å². The van der Waals surface area contributed by atoms with Gasteiger partial charge >= 0.3 is 0 Å². The van der Waals surface area contributed by atoms with Gasteiger partial charge in [-0.15, -0.1) is 0 Å². The van der Waals surface area contributed by atoms with E-state index < -0.39 is 0 Å². The molecule has 0 unspecified atom stereocenters. The van der Waals surface area contributed by atoms with E-state index >= 15 is 0 Å². The van der Waals surface area contributed by atoms with Crippen LogP contribution in [0, 0.1) is 13.8 Å². The van der Waals surface area contributed by atoms with Crippen LogP contribution in [-0.2, 0) is 11.8 Å². The second-order valence-electron chi connectivity index (χ2n) is 5.20. The maximum absolute atomic E-state index is 11.8. The topological polar surface area (TPSA) is 56.1 Å². The lowest BCUT2D eigenvalue weighted by atomic mass is 10.2. The molecule has 1 amide bonds. The van der Waals surface area contributed by atoms with Crippen molar-refractivity contribution in [3.8, 4) is 5.75 Å². The molecule has 0 aliphatic rings. The van der Waals surface area contributed by atoms with Crippen molar-refractivity contribution < 1.29 is 9.53 Å². The quantitative estimate of drug-likeness (QED) is 0.653. The van der Waals surface area contributed by atoms with E-state index in [1.54, 1.807) is 17.8 Å². The van der Waals surface area contributed by atoms with Crippen LogP contribution in [-0.4, -0.2) is 28.8 Å². The second-order valence-corrected chi connectivity index (χ2v) is 5.56. The van der Waals surface area contributed by atoms with Crippen molar-refractivity contribution in [3.05, 3.63) is 52.3 Å². The highest BCUT2D eigenvalue weighted by Crippen LogP contribution is 2.19. The van der Waals surface area contributed by atoms with Gasteiger partial charge in [0.05, 0.1) is 12.2 Å². The van der Waals surface area contributed by atoms with E-state index in [0.29, 0.717) is 18.3 Å². The molecule has 6 heteroatoms. The molecule has 2 aromatic rings. The van der Waals surface area contributed by atoms with Gasteiger partial charge in [-0.25, -0.2) is 0 Å². The number of carbonyl (C=O) groups is 1. The maximum atomic E-state index is 11.8. The molecule has 0 bridgehead atoms. The van der Waals surface area contributed by atoms with Gasteiger partial charge in [-0.2, -0.15) is 5.10 Å². The number of aryl methyl sites for hydroxylation is 3. The predicted octanol–water partition coefficient (Wildman–Crippen LogP) is 2.90. The highest BCUT2D eigenvalue weighted by atomic mass is 35.5. The number of amides is 1. The van der Waals surface area contributed by atoms with E-state index in [1.165, 1.54) is 6.08 Å². The first-order valence-electron chi connectivity index (χ1n) is 7.32. The number of hydrogen-bond donors (Lipinski definition) is 1. The predicted molar refractivity (Wildman–Crippen MR) is 91.7 cm³/mol. The van der Waals surface area contributed by atoms with Crippen molar-refractivity contribution in [1.82, 2.24) is 15.1 Å². The molecule has 23 heavy (non-hydrogen) atoms. The molecule has 0 spiro atoms. The fourth-order valence-electron chi connectivity index (χ4n) is 2.10. The van der Waals surface area contributed by atoms with Crippen molar-refractivity contribution in [3.63, 3.8) is 0 Å². The number of nitrogens with zero attached hydrogens (tertiary/aromatic N) is 2. The van der Waals surface area contributed by atoms with Gasteiger partial charge in [-0.1, -0.05) is 23.7 Å². The second kappa shape index (κ2) is 7.83. The van der Waals surface area contributed by atoms with Crippen LogP contribution in [0.3, 0.4) is 0 Å². The summed E-state index contributed by atoms with van der Waals surface area (Å²) in [4.78, 5) is 11.8. The number of halogens is 1. The molecule has 122 valence electrons. The third-order valence-corrected chi connectivity index (χ3v) is 3.71. The molecule has 0 fully saturated rings. The summed E-state index contributed by atoms with van der Waals surface area (Å²) < 4.78 is 7.14. The van der Waals surface area contributed by atoms with Crippen LogP contribution < -0.4 is 10.1 Å². The molecule has 1 aromatic heterocycles. The number of carbonyl (C=O) groups excluding carboxylic acids is 1. The van der Waals surface area contributed by atoms with Gasteiger partial charge in [0.2, 0.25) is 5.91 Å². The van der Waals surface area contributed by atoms with Gasteiger partial charge in [0, 0.05) is 18.7 Å². The number of aromatic nitrogens is 2. The summed E-state index contributed by atoms with van der Waals surface area (Å²) in [5, 5.41) is 7.46. The molecule has 5 nitrogen and oxygen atoms in total. The summed E-state index contributed by atoms with van der Waals surface area (Å²) in [7, 11) is 1.76. The van der Waals surface area contributed by atoms with Crippen molar-refractivity contribution in [2.24, 2.45) is 7.05 Å². The largest absolute Gasteiger partial charge is 0.492 e. The Bertz CT molecular complexity index is 723. The van der Waals surface area contributed by atoms with Crippen molar-refractivity contribution in [2.75, 3.05) is 13.2 Å². The number of rotatable bonds is 6. The molecule has 0 radical (unpaired) electrons. The molecule has 1 heterocycles. The van der Waals surface area contributed by atoms with E-state index in [0.717, 1.165) is 22.6 Å². The Kier molecular flexibility index (Phi) is 5.82. The molecule has 0 saturated heterocycles. The van der Waals surface area contributed by atoms with Crippen LogP contribution in [0.2, 0.25) is 5.15 Å². The summed E-state index contributed by atoms with van der Waals surface area (Å²) in [6.07, 6.45) is 3.12. The van der Waals surface area contributed by atoms with Gasteiger partial charge in [0.25, 0.3) is 0 Å². The minimum absolute atomic E-state index is 0.197. The van der Waals surface area contributed by atoms with E-state index in [-0.39, 0.29) is 5.91 Å². The van der Waals surface area contributed by atoms with Crippen LogP contribution in [0.1, 0.15) is 16.8 Å². The Morgan fingerprint density at radius 1 is 1.43 bits per heavy atom. The normalized spacial score (nSPS) is 11.0. The van der Waals surface area contributed by atoms with E-state index in [4.69, 9.17) is 16.3 Å². The smallest absolute Gasteiger partial charge is 0.244 e. The fourth-order valence-corrected chi connectivity index (χ4v) is 2.34.